The fraction of sp³-hybridized carbons (Fsp3) is 0.750. The Balaban J connectivity index is 2.23. The van der Waals surface area contributed by atoms with Crippen LogP contribution in [0.5, 0.6) is 0 Å². The van der Waals surface area contributed by atoms with Gasteiger partial charge in [0, 0.05) is 13.1 Å². The van der Waals surface area contributed by atoms with Crippen molar-refractivity contribution in [3.63, 3.8) is 0 Å². The van der Waals surface area contributed by atoms with Crippen molar-refractivity contribution in [3.8, 4) is 0 Å². The van der Waals surface area contributed by atoms with Crippen LogP contribution in [0.15, 0.2) is 0 Å². The van der Waals surface area contributed by atoms with Gasteiger partial charge in [-0.1, -0.05) is 0 Å². The zero-order valence-corrected chi connectivity index (χ0v) is 9.60. The van der Waals surface area contributed by atoms with Crippen molar-refractivity contribution in [2.75, 3.05) is 13.1 Å². The number of nitrogens with zero attached hydrogens (tertiary/aromatic N) is 2. The summed E-state index contributed by atoms with van der Waals surface area (Å²) >= 11 is 5.00. The fourth-order valence-electron chi connectivity index (χ4n) is 2.03. The van der Waals surface area contributed by atoms with Gasteiger partial charge in [0.2, 0.25) is 0 Å². The first kappa shape index (κ1) is 10.4. The Morgan fingerprint density at radius 2 is 1.87 bits per heavy atom. The lowest BCUT2D eigenvalue weighted by Gasteiger charge is -2.34. The Morgan fingerprint density at radius 1 is 1.27 bits per heavy atom. The number of rotatable bonds is 2. The molecule has 7 heteroatoms. The first-order chi connectivity index (χ1) is 7.19. The Kier molecular flexibility index (Phi) is 2.66. The van der Waals surface area contributed by atoms with Gasteiger partial charge in [-0.3, -0.25) is 5.43 Å². The number of hydrogen-bond donors (Lipinski definition) is 3. The van der Waals surface area contributed by atoms with Crippen LogP contribution in [-0.4, -0.2) is 46.4 Å². The maximum absolute atomic E-state index is 11.9. The van der Waals surface area contributed by atoms with E-state index in [2.05, 4.69) is 16.2 Å². The smallest absolute Gasteiger partial charge is 0.323 e. The van der Waals surface area contributed by atoms with E-state index in [-0.39, 0.29) is 18.4 Å². The number of nitrogens with one attached hydrogen (secondary N) is 3. The van der Waals surface area contributed by atoms with Crippen LogP contribution < -0.4 is 16.2 Å². The Morgan fingerprint density at radius 3 is 2.47 bits per heavy atom. The monoisotopic (exact) mass is 229 g/mol. The number of carbonyl (C=O) groups is 1. The highest BCUT2D eigenvalue weighted by molar-refractivity contribution is 7.80. The van der Waals surface area contributed by atoms with E-state index in [9.17, 15) is 4.79 Å². The molecule has 0 saturated carbocycles. The quantitative estimate of drug-likeness (QED) is 0.552. The normalized spacial score (nSPS) is 30.0. The summed E-state index contributed by atoms with van der Waals surface area (Å²) in [6.07, 6.45) is -0.134. The molecule has 6 nitrogen and oxygen atoms in total. The minimum Gasteiger partial charge on any atom is -0.338 e. The molecule has 0 aromatic carbocycles. The molecular weight excluding hydrogens is 214 g/mol. The highest BCUT2D eigenvalue weighted by Crippen LogP contribution is 2.20. The minimum absolute atomic E-state index is 0.0431. The molecule has 2 aliphatic heterocycles. The molecule has 0 aliphatic carbocycles. The topological polar surface area (TPSA) is 59.6 Å². The molecule has 84 valence electrons. The third kappa shape index (κ3) is 1.51. The molecule has 0 bridgehead atoms. The van der Waals surface area contributed by atoms with Crippen molar-refractivity contribution >= 4 is 23.4 Å². The highest BCUT2D eigenvalue weighted by atomic mass is 32.1. The maximum Gasteiger partial charge on any atom is 0.323 e. The number of hydrazine groups is 1. The Labute approximate surface area is 93.9 Å². The number of amides is 2. The number of carbonyl (C=O) groups excluding carboxylic acids is 1. The van der Waals surface area contributed by atoms with E-state index in [1.807, 2.05) is 13.8 Å². The largest absolute Gasteiger partial charge is 0.338 e. The molecule has 15 heavy (non-hydrogen) atoms. The molecule has 0 radical (unpaired) electrons. The summed E-state index contributed by atoms with van der Waals surface area (Å²) in [4.78, 5) is 15.5. The van der Waals surface area contributed by atoms with Crippen molar-refractivity contribution in [1.82, 2.24) is 26.0 Å². The van der Waals surface area contributed by atoms with Gasteiger partial charge in [0.05, 0.1) is 0 Å². The molecule has 0 spiro atoms. The van der Waals surface area contributed by atoms with Gasteiger partial charge in [0.15, 0.2) is 5.11 Å². The highest BCUT2D eigenvalue weighted by Gasteiger charge is 2.46. The van der Waals surface area contributed by atoms with Gasteiger partial charge in [0.1, 0.15) is 12.3 Å². The Hall–Kier alpha value is -1.08. The van der Waals surface area contributed by atoms with E-state index < -0.39 is 0 Å². The maximum atomic E-state index is 11.9. The molecule has 2 amide bonds. The summed E-state index contributed by atoms with van der Waals surface area (Å²) in [5, 5.41) is 3.62. The average Bonchev–Trinajstić information content (AvgIpc) is 2.48. The van der Waals surface area contributed by atoms with Crippen LogP contribution in [0.1, 0.15) is 13.8 Å². The van der Waals surface area contributed by atoms with Gasteiger partial charge in [0.25, 0.3) is 0 Å². The van der Waals surface area contributed by atoms with Crippen molar-refractivity contribution in [2.24, 2.45) is 0 Å². The van der Waals surface area contributed by atoms with Crippen LogP contribution in [0.3, 0.4) is 0 Å². The van der Waals surface area contributed by atoms with E-state index in [1.54, 1.807) is 9.80 Å². The predicted molar refractivity (Wildman–Crippen MR) is 59.7 cm³/mol. The van der Waals surface area contributed by atoms with E-state index >= 15 is 0 Å². The summed E-state index contributed by atoms with van der Waals surface area (Å²) in [7, 11) is 0. The van der Waals surface area contributed by atoms with Crippen LogP contribution in [0.25, 0.3) is 0 Å². The van der Waals surface area contributed by atoms with Crippen LogP contribution in [0, 0.1) is 0 Å². The van der Waals surface area contributed by atoms with Gasteiger partial charge in [-0.15, -0.1) is 0 Å². The number of thiocarbonyl (C=S) groups is 1. The first-order valence-electron chi connectivity index (χ1n) is 5.08. The predicted octanol–water partition coefficient (Wildman–Crippen LogP) is -0.602. The van der Waals surface area contributed by atoms with Gasteiger partial charge in [-0.05, 0) is 26.1 Å². The zero-order chi connectivity index (χ0) is 11.0. The summed E-state index contributed by atoms with van der Waals surface area (Å²) in [6, 6.07) is 0.0431. The molecule has 2 rings (SSSR count). The standard InChI is InChI=1S/C8H15N5OS/c1-3-12-5-6(10-11-7(15)9-5)13(4-2)8(12)14/h5-6,10H,3-4H2,1-2H3,(H2,9,11,15)/t5-,6+/m0/s1. The van der Waals surface area contributed by atoms with Crippen molar-refractivity contribution in [3.05, 3.63) is 0 Å². The molecule has 0 aromatic heterocycles. The second-order valence-corrected chi connectivity index (χ2v) is 3.90. The summed E-state index contributed by atoms with van der Waals surface area (Å²) in [5.74, 6) is 0. The van der Waals surface area contributed by atoms with E-state index in [4.69, 9.17) is 12.2 Å². The van der Waals surface area contributed by atoms with Gasteiger partial charge >= 0.3 is 6.03 Å². The molecule has 0 aromatic rings. The average molecular weight is 229 g/mol. The third-order valence-corrected chi connectivity index (χ3v) is 2.98. The van der Waals surface area contributed by atoms with E-state index in [1.165, 1.54) is 0 Å². The number of likely N-dealkylation sites (N-methyl/N-ethyl adjacent to an activating group) is 2. The van der Waals surface area contributed by atoms with Crippen LogP contribution >= 0.6 is 12.2 Å². The lowest BCUT2D eigenvalue weighted by molar-refractivity contribution is 0.183. The van der Waals surface area contributed by atoms with Gasteiger partial charge < -0.3 is 15.1 Å². The molecule has 2 saturated heterocycles. The Bertz CT molecular complexity index is 297. The zero-order valence-electron chi connectivity index (χ0n) is 8.78. The molecule has 3 N–H and O–H groups in total. The van der Waals surface area contributed by atoms with E-state index in [0.717, 1.165) is 0 Å². The molecule has 2 heterocycles. The van der Waals surface area contributed by atoms with Crippen molar-refractivity contribution in [2.45, 2.75) is 26.2 Å². The molecule has 2 fully saturated rings. The first-order valence-corrected chi connectivity index (χ1v) is 5.49. The summed E-state index contributed by atoms with van der Waals surface area (Å²) in [5.41, 5.74) is 5.87. The number of hydrogen-bond acceptors (Lipinski definition) is 3. The SMILES string of the molecule is CCN1C(=O)N(CC)[C@H]2NNC(=S)N[C@H]21. The van der Waals surface area contributed by atoms with Crippen molar-refractivity contribution in [1.29, 1.82) is 0 Å². The molecule has 2 aliphatic rings. The van der Waals surface area contributed by atoms with Crippen LogP contribution in [0.2, 0.25) is 0 Å². The molecule has 2 atom stereocenters. The second-order valence-electron chi connectivity index (χ2n) is 3.49. The number of urea groups is 1. The minimum atomic E-state index is -0.0730. The molecule has 0 unspecified atom stereocenters. The molecular formula is C8H15N5OS. The second kappa shape index (κ2) is 3.82. The van der Waals surface area contributed by atoms with Crippen molar-refractivity contribution < 1.29 is 4.79 Å². The lowest BCUT2D eigenvalue weighted by Crippen LogP contribution is -2.68. The van der Waals surface area contributed by atoms with E-state index in [0.29, 0.717) is 18.2 Å². The lowest BCUT2D eigenvalue weighted by atomic mass is 10.3. The number of fused-ring (bicyclic) bond motifs is 1. The van der Waals surface area contributed by atoms with Crippen LogP contribution in [0.4, 0.5) is 4.79 Å². The summed E-state index contributed by atoms with van der Waals surface area (Å²) in [6.45, 7) is 5.27. The summed E-state index contributed by atoms with van der Waals surface area (Å²) < 4.78 is 0. The fourth-order valence-corrected chi connectivity index (χ4v) is 2.21. The van der Waals surface area contributed by atoms with Gasteiger partial charge in [-0.25, -0.2) is 10.2 Å². The third-order valence-electron chi connectivity index (χ3n) is 2.76. The van der Waals surface area contributed by atoms with Crippen LogP contribution in [-0.2, 0) is 0 Å². The van der Waals surface area contributed by atoms with Gasteiger partial charge in [-0.2, -0.15) is 0 Å².